The molecule has 3 aromatic heterocycles. The molecular weight excluding hydrogens is 400 g/mol. The van der Waals surface area contributed by atoms with E-state index in [0.29, 0.717) is 28.7 Å². The van der Waals surface area contributed by atoms with Crippen LogP contribution in [0.25, 0.3) is 17.1 Å². The molecule has 1 fully saturated rings. The van der Waals surface area contributed by atoms with Gasteiger partial charge in [0.1, 0.15) is 5.69 Å². The second kappa shape index (κ2) is 7.80. The minimum Gasteiger partial charge on any atom is -0.463 e. The minimum absolute atomic E-state index is 0.0129. The van der Waals surface area contributed by atoms with E-state index < -0.39 is 0 Å². The number of pyridine rings is 1. The van der Waals surface area contributed by atoms with E-state index in [4.69, 9.17) is 16.0 Å². The number of carbonyl (C=O) groups excluding carboxylic acids is 1. The summed E-state index contributed by atoms with van der Waals surface area (Å²) in [6.07, 6.45) is 7.05. The van der Waals surface area contributed by atoms with Crippen LogP contribution in [0.1, 0.15) is 34.9 Å². The van der Waals surface area contributed by atoms with Crippen molar-refractivity contribution in [3.8, 4) is 17.1 Å². The van der Waals surface area contributed by atoms with Gasteiger partial charge in [-0.05, 0) is 60.9 Å². The molecular formula is C23H19ClN4O2. The van der Waals surface area contributed by atoms with E-state index in [2.05, 4.69) is 10.1 Å². The summed E-state index contributed by atoms with van der Waals surface area (Å²) >= 11 is 6.04. The smallest absolute Gasteiger partial charge is 0.274 e. The summed E-state index contributed by atoms with van der Waals surface area (Å²) in [5, 5.41) is 5.28. The highest BCUT2D eigenvalue weighted by molar-refractivity contribution is 6.30. The summed E-state index contributed by atoms with van der Waals surface area (Å²) in [7, 11) is 0. The molecule has 1 saturated heterocycles. The van der Waals surface area contributed by atoms with Crippen molar-refractivity contribution in [1.29, 1.82) is 0 Å². The molecule has 150 valence electrons. The number of rotatable bonds is 4. The fourth-order valence-corrected chi connectivity index (χ4v) is 4.07. The van der Waals surface area contributed by atoms with Gasteiger partial charge in [-0.25, -0.2) is 4.68 Å². The molecule has 30 heavy (non-hydrogen) atoms. The molecule has 0 aliphatic carbocycles. The average molecular weight is 419 g/mol. The molecule has 5 rings (SSSR count). The Bertz CT molecular complexity index is 1150. The van der Waals surface area contributed by atoms with Crippen molar-refractivity contribution < 1.29 is 9.21 Å². The summed E-state index contributed by atoms with van der Waals surface area (Å²) < 4.78 is 7.31. The maximum Gasteiger partial charge on any atom is 0.274 e. The number of hydrogen-bond donors (Lipinski definition) is 0. The largest absolute Gasteiger partial charge is 0.463 e. The highest BCUT2D eigenvalue weighted by Gasteiger charge is 2.32. The number of hydrogen-bond acceptors (Lipinski definition) is 4. The SMILES string of the molecule is O=C(c1cc(-c2ccco2)n(-c2ccc(Cl)cc2)n1)N1CCC[C@H]1c1cccnc1. The van der Waals surface area contributed by atoms with Crippen molar-refractivity contribution in [2.24, 2.45) is 0 Å². The molecule has 4 heterocycles. The fraction of sp³-hybridized carbons (Fsp3) is 0.174. The highest BCUT2D eigenvalue weighted by Crippen LogP contribution is 2.33. The van der Waals surface area contributed by atoms with Crippen LogP contribution < -0.4 is 0 Å². The predicted molar refractivity (Wildman–Crippen MR) is 114 cm³/mol. The zero-order valence-electron chi connectivity index (χ0n) is 16.1. The normalized spacial score (nSPS) is 16.2. The molecule has 1 aromatic carbocycles. The maximum absolute atomic E-state index is 13.4. The third-order valence-electron chi connectivity index (χ3n) is 5.36. The second-order valence-electron chi connectivity index (χ2n) is 7.22. The van der Waals surface area contributed by atoms with Gasteiger partial charge in [0.05, 0.1) is 18.0 Å². The summed E-state index contributed by atoms with van der Waals surface area (Å²) in [5.41, 5.74) is 2.94. The van der Waals surface area contributed by atoms with Crippen LogP contribution in [-0.2, 0) is 0 Å². The van der Waals surface area contributed by atoms with Crippen molar-refractivity contribution >= 4 is 17.5 Å². The lowest BCUT2D eigenvalue weighted by Crippen LogP contribution is -2.31. The van der Waals surface area contributed by atoms with Gasteiger partial charge in [-0.2, -0.15) is 5.10 Å². The van der Waals surface area contributed by atoms with Crippen LogP contribution in [0.15, 0.2) is 77.7 Å². The molecule has 0 saturated carbocycles. The monoisotopic (exact) mass is 418 g/mol. The van der Waals surface area contributed by atoms with Gasteiger partial charge in [-0.15, -0.1) is 0 Å². The lowest BCUT2D eigenvalue weighted by Gasteiger charge is -2.24. The third kappa shape index (κ3) is 3.39. The zero-order valence-corrected chi connectivity index (χ0v) is 16.9. The Morgan fingerprint density at radius 3 is 2.73 bits per heavy atom. The quantitative estimate of drug-likeness (QED) is 0.459. The molecule has 1 atom stereocenters. The zero-order chi connectivity index (χ0) is 20.5. The van der Waals surface area contributed by atoms with E-state index in [-0.39, 0.29) is 11.9 Å². The Labute approximate surface area is 178 Å². The number of aromatic nitrogens is 3. The van der Waals surface area contributed by atoms with Crippen molar-refractivity contribution in [3.63, 3.8) is 0 Å². The van der Waals surface area contributed by atoms with Gasteiger partial charge in [0.15, 0.2) is 11.5 Å². The van der Waals surface area contributed by atoms with Crippen molar-refractivity contribution in [2.45, 2.75) is 18.9 Å². The number of nitrogens with zero attached hydrogens (tertiary/aromatic N) is 4. The summed E-state index contributed by atoms with van der Waals surface area (Å²) in [4.78, 5) is 19.5. The molecule has 0 N–H and O–H groups in total. The van der Waals surface area contributed by atoms with Crippen LogP contribution in [-0.4, -0.2) is 32.1 Å². The standard InChI is InChI=1S/C23H19ClN4O2/c24-17-7-9-18(10-8-17)28-21(22-6-3-13-30-22)14-19(26-28)23(29)27-12-2-5-20(27)16-4-1-11-25-15-16/h1,3-4,6-11,13-15,20H,2,5,12H2/t20-/m0/s1. The van der Waals surface area contributed by atoms with E-state index in [0.717, 1.165) is 24.1 Å². The van der Waals surface area contributed by atoms with Crippen molar-refractivity contribution in [1.82, 2.24) is 19.7 Å². The van der Waals surface area contributed by atoms with Crippen LogP contribution in [0.2, 0.25) is 5.02 Å². The van der Waals surface area contributed by atoms with E-state index in [9.17, 15) is 4.79 Å². The summed E-state index contributed by atoms with van der Waals surface area (Å²) in [6, 6.07) is 16.7. The Balaban J connectivity index is 1.54. The Morgan fingerprint density at radius 2 is 2.00 bits per heavy atom. The average Bonchev–Trinajstić information content (AvgIpc) is 3.54. The van der Waals surface area contributed by atoms with Crippen LogP contribution in [0, 0.1) is 0 Å². The Kier molecular flexibility index (Phi) is 4.85. The molecule has 1 aliphatic rings. The maximum atomic E-state index is 13.4. The number of amides is 1. The van der Waals surface area contributed by atoms with Gasteiger partial charge in [-0.1, -0.05) is 17.7 Å². The van der Waals surface area contributed by atoms with Crippen molar-refractivity contribution in [2.75, 3.05) is 6.54 Å². The highest BCUT2D eigenvalue weighted by atomic mass is 35.5. The lowest BCUT2D eigenvalue weighted by molar-refractivity contribution is 0.0729. The molecule has 0 unspecified atom stereocenters. The second-order valence-corrected chi connectivity index (χ2v) is 7.66. The number of benzene rings is 1. The van der Waals surface area contributed by atoms with Crippen molar-refractivity contribution in [3.05, 3.63) is 89.5 Å². The lowest BCUT2D eigenvalue weighted by atomic mass is 10.1. The number of carbonyl (C=O) groups is 1. The number of halogens is 1. The van der Waals surface area contributed by atoms with Crippen LogP contribution >= 0.6 is 11.6 Å². The molecule has 1 amide bonds. The van der Waals surface area contributed by atoms with Crippen LogP contribution in [0.3, 0.4) is 0 Å². The first-order valence-electron chi connectivity index (χ1n) is 9.81. The fourth-order valence-electron chi connectivity index (χ4n) is 3.94. The first-order chi connectivity index (χ1) is 14.7. The Hall–Kier alpha value is -3.38. The predicted octanol–water partition coefficient (Wildman–Crippen LogP) is 5.16. The van der Waals surface area contributed by atoms with Crippen LogP contribution in [0.4, 0.5) is 0 Å². The number of likely N-dealkylation sites (tertiary alicyclic amines) is 1. The Morgan fingerprint density at radius 1 is 1.13 bits per heavy atom. The molecule has 6 nitrogen and oxygen atoms in total. The van der Waals surface area contributed by atoms with E-state index in [1.165, 1.54) is 0 Å². The van der Waals surface area contributed by atoms with Crippen LogP contribution in [0.5, 0.6) is 0 Å². The summed E-state index contributed by atoms with van der Waals surface area (Å²) in [5.74, 6) is 0.545. The van der Waals surface area contributed by atoms with E-state index in [1.54, 1.807) is 35.3 Å². The van der Waals surface area contributed by atoms with Gasteiger partial charge < -0.3 is 9.32 Å². The summed E-state index contributed by atoms with van der Waals surface area (Å²) in [6.45, 7) is 0.697. The van der Waals surface area contributed by atoms with Gasteiger partial charge in [0.2, 0.25) is 0 Å². The van der Waals surface area contributed by atoms with Gasteiger partial charge in [-0.3, -0.25) is 9.78 Å². The van der Waals surface area contributed by atoms with E-state index >= 15 is 0 Å². The molecule has 0 spiro atoms. The molecule has 1 aliphatic heterocycles. The molecule has 4 aromatic rings. The number of furan rings is 1. The molecule has 0 radical (unpaired) electrons. The first-order valence-corrected chi connectivity index (χ1v) is 10.2. The third-order valence-corrected chi connectivity index (χ3v) is 5.61. The van der Waals surface area contributed by atoms with Gasteiger partial charge in [0, 0.05) is 30.0 Å². The minimum atomic E-state index is -0.0955. The van der Waals surface area contributed by atoms with Gasteiger partial charge in [0.25, 0.3) is 5.91 Å². The van der Waals surface area contributed by atoms with Gasteiger partial charge >= 0.3 is 0 Å². The topological polar surface area (TPSA) is 64.2 Å². The van der Waals surface area contributed by atoms with E-state index in [1.807, 2.05) is 47.5 Å². The molecule has 7 heteroatoms. The first kappa shape index (κ1) is 18.6. The molecule has 0 bridgehead atoms.